The Morgan fingerprint density at radius 1 is 1.13 bits per heavy atom. The molecular weight excluding hydrogens is 412 g/mol. The molecule has 152 valence electrons. The fourth-order valence-corrected chi connectivity index (χ4v) is 4.05. The second-order valence-corrected chi connectivity index (χ2v) is 7.64. The van der Waals surface area contributed by atoms with Crippen LogP contribution in [0.1, 0.15) is 16.1 Å². The van der Waals surface area contributed by atoms with Gasteiger partial charge < -0.3 is 0 Å². The number of aryl methyl sites for hydroxylation is 1. The molecule has 2 heterocycles. The summed E-state index contributed by atoms with van der Waals surface area (Å²) < 4.78 is 5.89. The van der Waals surface area contributed by atoms with Gasteiger partial charge in [0, 0.05) is 11.1 Å². The Bertz CT molecular complexity index is 1340. The van der Waals surface area contributed by atoms with Crippen molar-refractivity contribution in [2.24, 2.45) is 7.05 Å². The van der Waals surface area contributed by atoms with E-state index < -0.39 is 11.4 Å². The molecule has 0 saturated heterocycles. The highest BCUT2D eigenvalue weighted by molar-refractivity contribution is 8.00. The Kier molecular flexibility index (Phi) is 5.78. The third-order valence-electron chi connectivity index (χ3n) is 4.66. The zero-order valence-corrected chi connectivity index (χ0v) is 17.3. The quantitative estimate of drug-likeness (QED) is 0.286. The predicted octanol–water partition coefficient (Wildman–Crippen LogP) is 3.37. The molecule has 2 aromatic carbocycles. The van der Waals surface area contributed by atoms with Crippen molar-refractivity contribution in [3.63, 3.8) is 0 Å². The van der Waals surface area contributed by atoms with Crippen LogP contribution in [0, 0.1) is 11.3 Å². The summed E-state index contributed by atoms with van der Waals surface area (Å²) in [6.45, 7) is 0. The topological polar surface area (TPSA) is 104 Å². The molecule has 2 aromatic heterocycles. The van der Waals surface area contributed by atoms with E-state index in [2.05, 4.69) is 20.8 Å². The van der Waals surface area contributed by atoms with Gasteiger partial charge in [-0.3, -0.25) is 9.32 Å². The number of aromatic amines is 1. The van der Waals surface area contributed by atoms with Crippen LogP contribution in [0.25, 0.3) is 22.4 Å². The number of thioether (sulfide) groups is 1. The van der Waals surface area contributed by atoms with Crippen molar-refractivity contribution in [1.82, 2.24) is 10.3 Å². The molecule has 7 nitrogen and oxygen atoms in total. The van der Waals surface area contributed by atoms with Crippen LogP contribution in [-0.4, -0.2) is 21.8 Å². The Labute approximate surface area is 181 Å². The lowest BCUT2D eigenvalue weighted by atomic mass is 9.99. The molecule has 0 fully saturated rings. The van der Waals surface area contributed by atoms with Gasteiger partial charge in [-0.2, -0.15) is 5.26 Å². The predicted molar refractivity (Wildman–Crippen MR) is 115 cm³/mol. The summed E-state index contributed by atoms with van der Waals surface area (Å²) in [5, 5.41) is 12.7. The van der Waals surface area contributed by atoms with Gasteiger partial charge in [-0.15, -0.1) is 0 Å². The number of aromatic nitrogens is 3. The van der Waals surface area contributed by atoms with Gasteiger partial charge in [0.25, 0.3) is 0 Å². The van der Waals surface area contributed by atoms with Gasteiger partial charge in [-0.05, 0) is 16.9 Å². The minimum atomic E-state index is -0.732. The van der Waals surface area contributed by atoms with Crippen LogP contribution in [0.4, 0.5) is 0 Å². The number of benzene rings is 2. The smallest absolute Gasteiger partial charge is 0.286 e. The van der Waals surface area contributed by atoms with E-state index in [1.807, 2.05) is 66.7 Å². The van der Waals surface area contributed by atoms with Crippen LogP contribution >= 0.6 is 11.8 Å². The molecule has 0 aliphatic rings. The number of nitrogens with one attached hydrogen (secondary N) is 1. The fraction of sp³-hybridized carbons (Fsp3) is 0.0870. The van der Waals surface area contributed by atoms with Gasteiger partial charge in [0.05, 0.1) is 17.0 Å². The summed E-state index contributed by atoms with van der Waals surface area (Å²) in [5.74, 6) is -0.482. The van der Waals surface area contributed by atoms with Crippen LogP contribution in [-0.2, 0) is 7.05 Å². The molecule has 0 amide bonds. The number of ketones is 1. The molecule has 0 radical (unpaired) electrons. The second-order valence-electron chi connectivity index (χ2n) is 6.68. The SMILES string of the molecule is C[n+]1[nH]oc(=O)c1C(=O)CSc1nc(-c2ccccc2)cc(-c2ccccc2)c1C#N. The van der Waals surface area contributed by atoms with Gasteiger partial charge in [0.15, 0.2) is 7.05 Å². The third kappa shape index (κ3) is 4.17. The van der Waals surface area contributed by atoms with Crippen molar-refractivity contribution in [2.75, 3.05) is 5.75 Å². The normalized spacial score (nSPS) is 10.6. The van der Waals surface area contributed by atoms with Crippen molar-refractivity contribution in [1.29, 1.82) is 5.26 Å². The van der Waals surface area contributed by atoms with Crippen molar-refractivity contribution in [3.8, 4) is 28.5 Å². The number of hydrogen-bond acceptors (Lipinski definition) is 6. The van der Waals surface area contributed by atoms with E-state index in [0.29, 0.717) is 16.3 Å². The van der Waals surface area contributed by atoms with Gasteiger partial charge in [0.2, 0.25) is 5.78 Å². The highest BCUT2D eigenvalue weighted by Gasteiger charge is 2.27. The number of nitrogens with zero attached hydrogens (tertiary/aromatic N) is 3. The molecule has 4 aromatic rings. The highest BCUT2D eigenvalue weighted by Crippen LogP contribution is 2.34. The number of carbonyl (C=O) groups is 1. The Morgan fingerprint density at radius 2 is 1.77 bits per heavy atom. The summed E-state index contributed by atoms with van der Waals surface area (Å²) in [5.41, 5.74) is 2.77. The van der Waals surface area contributed by atoms with E-state index in [-0.39, 0.29) is 11.4 Å². The minimum Gasteiger partial charge on any atom is -0.286 e. The van der Waals surface area contributed by atoms with Crippen LogP contribution in [0.3, 0.4) is 0 Å². The first-order valence-corrected chi connectivity index (χ1v) is 10.4. The Morgan fingerprint density at radius 3 is 2.35 bits per heavy atom. The largest absolute Gasteiger partial charge is 0.438 e. The lowest BCUT2D eigenvalue weighted by molar-refractivity contribution is -0.741. The average Bonchev–Trinajstić information content (AvgIpc) is 3.15. The van der Waals surface area contributed by atoms with Crippen LogP contribution in [0.15, 0.2) is 81.1 Å². The van der Waals surface area contributed by atoms with Gasteiger partial charge in [-0.25, -0.2) is 9.78 Å². The lowest BCUT2D eigenvalue weighted by Crippen LogP contribution is -2.39. The number of nitriles is 1. The zero-order valence-electron chi connectivity index (χ0n) is 16.5. The number of Topliss-reactive ketones (excluding diaryl/α,β-unsaturated/α-hetero) is 1. The van der Waals surface area contributed by atoms with Crippen molar-refractivity contribution in [3.05, 3.63) is 88.4 Å². The van der Waals surface area contributed by atoms with E-state index in [4.69, 9.17) is 0 Å². The number of hydrogen-bond donors (Lipinski definition) is 1. The minimum absolute atomic E-state index is 0.0649. The van der Waals surface area contributed by atoms with E-state index in [0.717, 1.165) is 28.5 Å². The number of rotatable bonds is 6. The Balaban J connectivity index is 1.78. The van der Waals surface area contributed by atoms with Crippen molar-refractivity contribution >= 4 is 17.5 Å². The van der Waals surface area contributed by atoms with Crippen LogP contribution in [0.2, 0.25) is 0 Å². The summed E-state index contributed by atoms with van der Waals surface area (Å²) in [6.07, 6.45) is 0. The summed E-state index contributed by atoms with van der Waals surface area (Å²) in [6, 6.07) is 23.3. The molecule has 0 bridgehead atoms. The fourth-order valence-electron chi connectivity index (χ4n) is 3.18. The van der Waals surface area contributed by atoms with E-state index >= 15 is 0 Å². The molecule has 0 aliphatic heterocycles. The lowest BCUT2D eigenvalue weighted by Gasteiger charge is -2.12. The van der Waals surface area contributed by atoms with Crippen molar-refractivity contribution in [2.45, 2.75) is 5.03 Å². The Hall–Kier alpha value is -3.96. The summed E-state index contributed by atoms with van der Waals surface area (Å²) in [4.78, 5) is 29.0. The van der Waals surface area contributed by atoms with Gasteiger partial charge in [-0.1, -0.05) is 77.1 Å². The van der Waals surface area contributed by atoms with E-state index in [9.17, 15) is 14.9 Å². The van der Waals surface area contributed by atoms with Gasteiger partial charge in [0.1, 0.15) is 11.1 Å². The van der Waals surface area contributed by atoms with Crippen LogP contribution < -0.4 is 10.3 Å². The van der Waals surface area contributed by atoms with E-state index in [1.54, 1.807) is 0 Å². The molecule has 1 N–H and O–H groups in total. The number of pyridine rings is 1. The molecule has 0 unspecified atom stereocenters. The highest BCUT2D eigenvalue weighted by atomic mass is 32.2. The molecular formula is C23H17N4O3S+. The van der Waals surface area contributed by atoms with Gasteiger partial charge >= 0.3 is 11.3 Å². The molecule has 0 spiro atoms. The van der Waals surface area contributed by atoms with Crippen LogP contribution in [0.5, 0.6) is 0 Å². The van der Waals surface area contributed by atoms with E-state index in [1.165, 1.54) is 11.7 Å². The summed E-state index contributed by atoms with van der Waals surface area (Å²) >= 11 is 1.12. The maximum Gasteiger partial charge on any atom is 0.438 e. The standard InChI is InChI=1S/C23H16N4O3S/c1-27-21(23(29)30-26-27)20(28)14-31-22-18(13-24)17(15-8-4-2-5-9-15)12-19(25-22)16-10-6-3-7-11-16/h2-12H,14H2,1H3/p+1. The first-order chi connectivity index (χ1) is 15.1. The molecule has 0 aliphatic carbocycles. The maximum absolute atomic E-state index is 12.6. The molecule has 4 rings (SSSR count). The summed E-state index contributed by atoms with van der Waals surface area (Å²) in [7, 11) is 1.52. The average molecular weight is 429 g/mol. The zero-order chi connectivity index (χ0) is 21.8. The van der Waals surface area contributed by atoms with Crippen molar-refractivity contribution < 1.29 is 14.0 Å². The second kappa shape index (κ2) is 8.81. The monoisotopic (exact) mass is 429 g/mol. The maximum atomic E-state index is 12.6. The first-order valence-electron chi connectivity index (χ1n) is 9.38. The molecule has 0 atom stereocenters. The molecule has 0 saturated carbocycles. The molecule has 31 heavy (non-hydrogen) atoms. The molecule has 8 heteroatoms. The number of carbonyl (C=O) groups excluding carboxylic acids is 1. The number of H-pyrrole nitrogens is 1. The third-order valence-corrected chi connectivity index (χ3v) is 5.64. The first kappa shape index (κ1) is 20.3.